The fourth-order valence-corrected chi connectivity index (χ4v) is 3.61. The van der Waals surface area contributed by atoms with Gasteiger partial charge in [0, 0.05) is 22.5 Å². The molecule has 3 aromatic rings. The number of thioether (sulfide) groups is 1. The van der Waals surface area contributed by atoms with Crippen LogP contribution in [0.4, 0.5) is 11.5 Å². The van der Waals surface area contributed by atoms with E-state index in [0.29, 0.717) is 22.0 Å². The summed E-state index contributed by atoms with van der Waals surface area (Å²) in [5.41, 5.74) is 7.10. The van der Waals surface area contributed by atoms with Crippen LogP contribution in [0.2, 0.25) is 5.02 Å². The molecule has 160 valence electrons. The van der Waals surface area contributed by atoms with E-state index >= 15 is 0 Å². The predicted octanol–water partition coefficient (Wildman–Crippen LogP) is 3.38. The summed E-state index contributed by atoms with van der Waals surface area (Å²) in [5, 5.41) is 3.56. The van der Waals surface area contributed by atoms with Crippen molar-refractivity contribution >= 4 is 46.7 Å². The van der Waals surface area contributed by atoms with Gasteiger partial charge in [0.25, 0.3) is 5.56 Å². The molecule has 0 fully saturated rings. The summed E-state index contributed by atoms with van der Waals surface area (Å²) >= 11 is 7.01. The number of nitrogens with two attached hydrogens (primary N) is 1. The monoisotopic (exact) mass is 458 g/mol. The first kappa shape index (κ1) is 22.4. The summed E-state index contributed by atoms with van der Waals surface area (Å²) < 4.78 is 6.50. The predicted molar refractivity (Wildman–Crippen MR) is 121 cm³/mol. The van der Waals surface area contributed by atoms with Gasteiger partial charge in [0.15, 0.2) is 5.16 Å². The van der Waals surface area contributed by atoms with Crippen LogP contribution in [0.15, 0.2) is 64.5 Å². The summed E-state index contributed by atoms with van der Waals surface area (Å²) in [6.07, 6.45) is 0. The minimum Gasteiger partial charge on any atom is -0.462 e. The smallest absolute Gasteiger partial charge is 0.338 e. The molecule has 1 amide bonds. The SMILES string of the molecule is CCOC(=O)c1ccc(NC(=O)CSc2nc(=O)cc(N)n2-c2ccc(Cl)cc2)cc1. The van der Waals surface area contributed by atoms with Crippen molar-refractivity contribution in [1.82, 2.24) is 9.55 Å². The first-order valence-corrected chi connectivity index (χ1v) is 10.6. The van der Waals surface area contributed by atoms with Crippen LogP contribution in [0.5, 0.6) is 0 Å². The summed E-state index contributed by atoms with van der Waals surface area (Å²) in [4.78, 5) is 39.9. The van der Waals surface area contributed by atoms with Gasteiger partial charge in [0.1, 0.15) is 5.82 Å². The second-order valence-electron chi connectivity index (χ2n) is 6.25. The zero-order valence-electron chi connectivity index (χ0n) is 16.5. The normalized spacial score (nSPS) is 10.5. The molecular formula is C21H19ClN4O4S. The highest BCUT2D eigenvalue weighted by Gasteiger charge is 2.13. The lowest BCUT2D eigenvalue weighted by Gasteiger charge is -2.14. The summed E-state index contributed by atoms with van der Waals surface area (Å²) in [5.74, 6) is -0.555. The Kier molecular flexibility index (Phi) is 7.32. The van der Waals surface area contributed by atoms with Gasteiger partial charge in [-0.25, -0.2) is 4.79 Å². The molecule has 1 aromatic heterocycles. The number of hydrogen-bond donors (Lipinski definition) is 2. The lowest BCUT2D eigenvalue weighted by atomic mass is 10.2. The number of esters is 1. The molecule has 0 aliphatic heterocycles. The molecule has 31 heavy (non-hydrogen) atoms. The van der Waals surface area contributed by atoms with Crippen LogP contribution in [0.25, 0.3) is 5.69 Å². The minimum atomic E-state index is -0.500. The van der Waals surface area contributed by atoms with Crippen molar-refractivity contribution < 1.29 is 14.3 Å². The van der Waals surface area contributed by atoms with Crippen molar-refractivity contribution in [1.29, 1.82) is 0 Å². The number of ether oxygens (including phenoxy) is 1. The van der Waals surface area contributed by atoms with Gasteiger partial charge in [-0.1, -0.05) is 23.4 Å². The highest BCUT2D eigenvalue weighted by atomic mass is 35.5. The number of anilines is 2. The summed E-state index contributed by atoms with van der Waals surface area (Å²) in [6, 6.07) is 14.4. The first-order chi connectivity index (χ1) is 14.9. The van der Waals surface area contributed by atoms with E-state index in [2.05, 4.69) is 10.3 Å². The molecule has 2 aromatic carbocycles. The lowest BCUT2D eigenvalue weighted by molar-refractivity contribution is -0.113. The molecule has 3 N–H and O–H groups in total. The van der Waals surface area contributed by atoms with E-state index in [4.69, 9.17) is 22.1 Å². The Hall–Kier alpha value is -3.30. The summed E-state index contributed by atoms with van der Waals surface area (Å²) in [7, 11) is 0. The van der Waals surface area contributed by atoms with Gasteiger partial charge in [-0.3, -0.25) is 14.2 Å². The van der Waals surface area contributed by atoms with Gasteiger partial charge in [0.05, 0.1) is 17.9 Å². The van der Waals surface area contributed by atoms with Crippen molar-refractivity contribution in [3.8, 4) is 5.69 Å². The Morgan fingerprint density at radius 3 is 2.48 bits per heavy atom. The Labute approximate surface area is 187 Å². The van der Waals surface area contributed by atoms with Crippen LogP contribution in [-0.4, -0.2) is 33.8 Å². The Morgan fingerprint density at radius 2 is 1.84 bits per heavy atom. The fourth-order valence-electron chi connectivity index (χ4n) is 2.66. The van der Waals surface area contributed by atoms with Crippen molar-refractivity contribution in [2.75, 3.05) is 23.4 Å². The number of aromatic nitrogens is 2. The number of carbonyl (C=O) groups is 2. The Bertz CT molecular complexity index is 1150. The van der Waals surface area contributed by atoms with Crippen molar-refractivity contribution in [2.45, 2.75) is 12.1 Å². The number of benzene rings is 2. The average Bonchev–Trinajstić information content (AvgIpc) is 2.73. The standard InChI is InChI=1S/C21H19ClN4O4S/c1-2-30-20(29)13-3-7-15(8-4-13)24-19(28)12-31-21-25-18(27)11-17(23)26(21)16-9-5-14(22)6-10-16/h3-11H,2,12,23H2,1H3,(H,24,28). The van der Waals surface area contributed by atoms with E-state index < -0.39 is 11.5 Å². The topological polar surface area (TPSA) is 116 Å². The van der Waals surface area contributed by atoms with E-state index in [0.717, 1.165) is 11.8 Å². The van der Waals surface area contributed by atoms with Crippen LogP contribution >= 0.6 is 23.4 Å². The number of hydrogen-bond acceptors (Lipinski definition) is 7. The largest absolute Gasteiger partial charge is 0.462 e. The molecule has 0 aliphatic rings. The van der Waals surface area contributed by atoms with Crippen molar-refractivity contribution in [3.05, 3.63) is 75.5 Å². The zero-order valence-corrected chi connectivity index (χ0v) is 18.1. The molecule has 10 heteroatoms. The van der Waals surface area contributed by atoms with E-state index in [1.165, 1.54) is 6.07 Å². The molecule has 8 nitrogen and oxygen atoms in total. The van der Waals surface area contributed by atoms with E-state index in [9.17, 15) is 14.4 Å². The molecule has 0 bridgehead atoms. The number of halogens is 1. The molecular weight excluding hydrogens is 440 g/mol. The first-order valence-electron chi connectivity index (χ1n) is 9.22. The fraction of sp³-hybridized carbons (Fsp3) is 0.143. The minimum absolute atomic E-state index is 0.0108. The Morgan fingerprint density at radius 1 is 1.16 bits per heavy atom. The maximum Gasteiger partial charge on any atom is 0.338 e. The second kappa shape index (κ2) is 10.1. The number of nitrogens with one attached hydrogen (secondary N) is 1. The third kappa shape index (κ3) is 5.87. The third-order valence-corrected chi connectivity index (χ3v) is 5.21. The van der Waals surface area contributed by atoms with Gasteiger partial charge in [-0.05, 0) is 55.5 Å². The van der Waals surface area contributed by atoms with Crippen LogP contribution in [0.3, 0.4) is 0 Å². The third-order valence-electron chi connectivity index (χ3n) is 4.02. The summed E-state index contributed by atoms with van der Waals surface area (Å²) in [6.45, 7) is 2.01. The van der Waals surface area contributed by atoms with Crippen LogP contribution in [0.1, 0.15) is 17.3 Å². The molecule has 0 spiro atoms. The number of carbonyl (C=O) groups excluding carboxylic acids is 2. The van der Waals surface area contributed by atoms with E-state index in [1.807, 2.05) is 0 Å². The number of rotatable bonds is 7. The quantitative estimate of drug-likeness (QED) is 0.316. The highest BCUT2D eigenvalue weighted by Crippen LogP contribution is 2.24. The molecule has 0 radical (unpaired) electrons. The molecule has 0 saturated carbocycles. The van der Waals surface area contributed by atoms with Gasteiger partial charge in [-0.2, -0.15) is 4.98 Å². The van der Waals surface area contributed by atoms with E-state index in [-0.39, 0.29) is 29.2 Å². The molecule has 1 heterocycles. The zero-order chi connectivity index (χ0) is 22.4. The van der Waals surface area contributed by atoms with E-state index in [1.54, 1.807) is 60.0 Å². The maximum absolute atomic E-state index is 12.4. The molecule has 0 atom stereocenters. The second-order valence-corrected chi connectivity index (χ2v) is 7.63. The average molecular weight is 459 g/mol. The van der Waals surface area contributed by atoms with Crippen molar-refractivity contribution in [3.63, 3.8) is 0 Å². The maximum atomic E-state index is 12.4. The van der Waals surface area contributed by atoms with Crippen LogP contribution in [0, 0.1) is 0 Å². The molecule has 0 aliphatic carbocycles. The molecule has 0 saturated heterocycles. The van der Waals surface area contributed by atoms with Crippen LogP contribution in [-0.2, 0) is 9.53 Å². The van der Waals surface area contributed by atoms with Crippen LogP contribution < -0.4 is 16.6 Å². The van der Waals surface area contributed by atoms with Gasteiger partial charge in [0.2, 0.25) is 5.91 Å². The van der Waals surface area contributed by atoms with Gasteiger partial charge < -0.3 is 15.8 Å². The lowest BCUT2D eigenvalue weighted by Crippen LogP contribution is -2.19. The van der Waals surface area contributed by atoms with Crippen molar-refractivity contribution in [2.24, 2.45) is 0 Å². The van der Waals surface area contributed by atoms with Gasteiger partial charge >= 0.3 is 5.97 Å². The molecule has 0 unspecified atom stereocenters. The Balaban J connectivity index is 1.71. The number of amides is 1. The highest BCUT2D eigenvalue weighted by molar-refractivity contribution is 7.99. The van der Waals surface area contributed by atoms with Gasteiger partial charge in [-0.15, -0.1) is 0 Å². The molecule has 3 rings (SSSR count). The number of nitrogen functional groups attached to an aromatic ring is 1. The number of nitrogens with zero attached hydrogens (tertiary/aromatic N) is 2.